The zero-order valence-electron chi connectivity index (χ0n) is 13.6. The number of amides is 1. The summed E-state index contributed by atoms with van der Waals surface area (Å²) < 4.78 is 5.51. The summed E-state index contributed by atoms with van der Waals surface area (Å²) >= 11 is 0. The van der Waals surface area contributed by atoms with E-state index in [1.54, 1.807) is 0 Å². The standard InChI is InChI=1S/C17H25N3O2/c1-17(2,3)22-16(21)19-10-14-8-9-15(11-19)20(14)13-6-4-12(18)5-7-13/h4-7,14-15H,8-11,18H2,1-3H3. The third kappa shape index (κ3) is 2.98. The van der Waals surface area contributed by atoms with Gasteiger partial charge in [-0.25, -0.2) is 4.79 Å². The van der Waals surface area contributed by atoms with Gasteiger partial charge in [0.15, 0.2) is 0 Å². The molecule has 5 nitrogen and oxygen atoms in total. The predicted molar refractivity (Wildman–Crippen MR) is 88.0 cm³/mol. The lowest BCUT2D eigenvalue weighted by Gasteiger charge is -2.42. The summed E-state index contributed by atoms with van der Waals surface area (Å²) in [5.41, 5.74) is 7.31. The minimum atomic E-state index is -0.440. The van der Waals surface area contributed by atoms with Crippen molar-refractivity contribution in [2.45, 2.75) is 51.3 Å². The van der Waals surface area contributed by atoms with E-state index >= 15 is 0 Å². The normalized spacial score (nSPS) is 24.5. The number of piperazine rings is 1. The molecule has 2 aliphatic heterocycles. The second-order valence-corrected chi connectivity index (χ2v) is 7.27. The molecule has 1 amide bonds. The molecule has 2 N–H and O–H groups in total. The molecule has 2 saturated heterocycles. The smallest absolute Gasteiger partial charge is 0.410 e. The number of carbonyl (C=O) groups is 1. The number of ether oxygens (including phenoxy) is 1. The van der Waals surface area contributed by atoms with Gasteiger partial charge in [0.2, 0.25) is 0 Å². The molecule has 120 valence electrons. The fourth-order valence-electron chi connectivity index (χ4n) is 3.45. The maximum Gasteiger partial charge on any atom is 0.410 e. The van der Waals surface area contributed by atoms with Gasteiger partial charge in [0.25, 0.3) is 0 Å². The molecule has 2 fully saturated rings. The summed E-state index contributed by atoms with van der Waals surface area (Å²) in [5, 5.41) is 0. The first kappa shape index (κ1) is 15.0. The molecule has 0 spiro atoms. The van der Waals surface area contributed by atoms with Crippen LogP contribution in [0.25, 0.3) is 0 Å². The Kier molecular flexibility index (Phi) is 3.67. The van der Waals surface area contributed by atoms with Crippen molar-refractivity contribution in [2.75, 3.05) is 23.7 Å². The van der Waals surface area contributed by atoms with Crippen molar-refractivity contribution in [1.29, 1.82) is 0 Å². The molecule has 3 rings (SSSR count). The van der Waals surface area contributed by atoms with E-state index < -0.39 is 5.60 Å². The molecule has 2 atom stereocenters. The zero-order chi connectivity index (χ0) is 15.9. The maximum absolute atomic E-state index is 12.3. The van der Waals surface area contributed by atoms with Gasteiger partial charge >= 0.3 is 6.09 Å². The van der Waals surface area contributed by atoms with Crippen LogP contribution in [0.2, 0.25) is 0 Å². The van der Waals surface area contributed by atoms with Crippen LogP contribution >= 0.6 is 0 Å². The Balaban J connectivity index is 1.71. The highest BCUT2D eigenvalue weighted by atomic mass is 16.6. The fourth-order valence-corrected chi connectivity index (χ4v) is 3.45. The maximum atomic E-state index is 12.3. The highest BCUT2D eigenvalue weighted by Crippen LogP contribution is 2.35. The lowest BCUT2D eigenvalue weighted by Crippen LogP contribution is -2.56. The lowest BCUT2D eigenvalue weighted by molar-refractivity contribution is 0.0209. The molecule has 22 heavy (non-hydrogen) atoms. The minimum Gasteiger partial charge on any atom is -0.444 e. The van der Waals surface area contributed by atoms with Crippen LogP contribution in [0.15, 0.2) is 24.3 Å². The van der Waals surface area contributed by atoms with Crippen molar-refractivity contribution in [3.63, 3.8) is 0 Å². The molecule has 0 aromatic heterocycles. The Morgan fingerprint density at radius 1 is 1.14 bits per heavy atom. The molecule has 5 heteroatoms. The van der Waals surface area contributed by atoms with Crippen molar-refractivity contribution in [1.82, 2.24) is 4.90 Å². The lowest BCUT2D eigenvalue weighted by atomic mass is 10.1. The molecule has 0 aliphatic carbocycles. The highest BCUT2D eigenvalue weighted by molar-refractivity contribution is 5.69. The van der Waals surface area contributed by atoms with Crippen LogP contribution in [0.1, 0.15) is 33.6 Å². The van der Waals surface area contributed by atoms with Crippen molar-refractivity contribution >= 4 is 17.5 Å². The number of likely N-dealkylation sites (tertiary alicyclic amines) is 1. The molecule has 2 aliphatic rings. The van der Waals surface area contributed by atoms with Gasteiger partial charge in [0.1, 0.15) is 5.60 Å². The third-order valence-corrected chi connectivity index (χ3v) is 4.33. The van der Waals surface area contributed by atoms with Gasteiger partial charge in [-0.3, -0.25) is 0 Å². The first-order valence-corrected chi connectivity index (χ1v) is 7.95. The van der Waals surface area contributed by atoms with Gasteiger partial charge in [-0.1, -0.05) is 0 Å². The van der Waals surface area contributed by atoms with Gasteiger partial charge in [-0.05, 0) is 57.9 Å². The number of hydrogen-bond acceptors (Lipinski definition) is 4. The first-order chi connectivity index (χ1) is 10.3. The molecule has 0 radical (unpaired) electrons. The number of rotatable bonds is 1. The number of benzene rings is 1. The van der Waals surface area contributed by atoms with E-state index in [9.17, 15) is 4.79 Å². The molecular weight excluding hydrogens is 278 g/mol. The number of nitrogens with zero attached hydrogens (tertiary/aromatic N) is 2. The average molecular weight is 303 g/mol. The van der Waals surface area contributed by atoms with Crippen molar-refractivity contribution < 1.29 is 9.53 Å². The van der Waals surface area contributed by atoms with Crippen LogP contribution in [-0.2, 0) is 4.74 Å². The Bertz CT molecular complexity index is 536. The molecule has 0 saturated carbocycles. The summed E-state index contributed by atoms with van der Waals surface area (Å²) in [7, 11) is 0. The van der Waals surface area contributed by atoms with E-state index in [0.29, 0.717) is 12.1 Å². The number of carbonyl (C=O) groups excluding carboxylic acids is 1. The molecular formula is C17H25N3O2. The average Bonchev–Trinajstić information content (AvgIpc) is 2.68. The van der Waals surface area contributed by atoms with Crippen molar-refractivity contribution in [3.8, 4) is 0 Å². The third-order valence-electron chi connectivity index (χ3n) is 4.33. The molecule has 1 aromatic rings. The van der Waals surface area contributed by atoms with Crippen LogP contribution in [0.5, 0.6) is 0 Å². The molecule has 1 aromatic carbocycles. The summed E-state index contributed by atoms with van der Waals surface area (Å²) in [6.07, 6.45) is 2.05. The van der Waals surface area contributed by atoms with Crippen LogP contribution in [-0.4, -0.2) is 41.8 Å². The van der Waals surface area contributed by atoms with E-state index in [-0.39, 0.29) is 6.09 Å². The summed E-state index contributed by atoms with van der Waals surface area (Å²) in [5.74, 6) is 0. The first-order valence-electron chi connectivity index (χ1n) is 7.95. The number of fused-ring (bicyclic) bond motifs is 2. The molecule has 2 heterocycles. The van der Waals surface area contributed by atoms with Gasteiger partial charge < -0.3 is 20.3 Å². The minimum absolute atomic E-state index is 0.193. The summed E-state index contributed by atoms with van der Waals surface area (Å²) in [6.45, 7) is 7.18. The quantitative estimate of drug-likeness (QED) is 0.811. The monoisotopic (exact) mass is 303 g/mol. The van der Waals surface area contributed by atoms with Crippen molar-refractivity contribution in [2.24, 2.45) is 0 Å². The van der Waals surface area contributed by atoms with Gasteiger partial charge in [-0.2, -0.15) is 0 Å². The fraction of sp³-hybridized carbons (Fsp3) is 0.588. The van der Waals surface area contributed by atoms with E-state index in [0.717, 1.165) is 31.6 Å². The Labute approximate surface area is 132 Å². The molecule has 2 unspecified atom stereocenters. The number of nitrogens with two attached hydrogens (primary N) is 1. The van der Waals surface area contributed by atoms with Crippen LogP contribution < -0.4 is 10.6 Å². The Hall–Kier alpha value is -1.91. The van der Waals surface area contributed by atoms with Crippen LogP contribution in [0.3, 0.4) is 0 Å². The zero-order valence-corrected chi connectivity index (χ0v) is 13.6. The summed E-state index contributed by atoms with van der Waals surface area (Å²) in [4.78, 5) is 16.6. The van der Waals surface area contributed by atoms with Gasteiger partial charge in [0, 0.05) is 36.5 Å². The van der Waals surface area contributed by atoms with E-state index in [1.807, 2.05) is 37.8 Å². The topological polar surface area (TPSA) is 58.8 Å². The van der Waals surface area contributed by atoms with Crippen LogP contribution in [0, 0.1) is 0 Å². The van der Waals surface area contributed by atoms with Gasteiger partial charge in [-0.15, -0.1) is 0 Å². The van der Waals surface area contributed by atoms with E-state index in [1.165, 1.54) is 5.69 Å². The number of anilines is 2. The van der Waals surface area contributed by atoms with E-state index in [2.05, 4.69) is 17.0 Å². The van der Waals surface area contributed by atoms with Crippen LogP contribution in [0.4, 0.5) is 16.2 Å². The Morgan fingerprint density at radius 3 is 2.18 bits per heavy atom. The number of hydrogen-bond donors (Lipinski definition) is 1. The van der Waals surface area contributed by atoms with Crippen molar-refractivity contribution in [3.05, 3.63) is 24.3 Å². The summed E-state index contributed by atoms with van der Waals surface area (Å²) in [6, 6.07) is 8.77. The molecule has 2 bridgehead atoms. The van der Waals surface area contributed by atoms with Gasteiger partial charge in [0.05, 0.1) is 0 Å². The van der Waals surface area contributed by atoms with E-state index in [4.69, 9.17) is 10.5 Å². The second kappa shape index (κ2) is 5.38. The second-order valence-electron chi connectivity index (χ2n) is 7.27. The SMILES string of the molecule is CC(C)(C)OC(=O)N1CC2CCC(C1)N2c1ccc(N)cc1. The predicted octanol–water partition coefficient (Wildman–Crippen LogP) is 2.86. The largest absolute Gasteiger partial charge is 0.444 e. The number of nitrogen functional groups attached to an aromatic ring is 1. The highest BCUT2D eigenvalue weighted by Gasteiger charge is 2.42. The Morgan fingerprint density at radius 2 is 1.68 bits per heavy atom.